The standard InChI is InChI=1S/C23H21ClN2O5S/c1-26(15-17-4-2-3-5-20(17)24)23(27)16-6-8-18(9-7-16)25-32(28,29)19-10-11-21-22(14-19)31-13-12-30-21/h2-11,14,25H,12-13,15H2,1H3. The van der Waals surface area contributed by atoms with E-state index in [1.54, 1.807) is 48.3 Å². The SMILES string of the molecule is CN(Cc1ccccc1Cl)C(=O)c1ccc(NS(=O)(=O)c2ccc3c(c2)OCCO3)cc1. The minimum Gasteiger partial charge on any atom is -0.486 e. The van der Waals surface area contributed by atoms with Crippen LogP contribution in [0.5, 0.6) is 11.5 Å². The summed E-state index contributed by atoms with van der Waals surface area (Å²) in [5.74, 6) is 0.701. The first-order chi connectivity index (χ1) is 15.3. The summed E-state index contributed by atoms with van der Waals surface area (Å²) in [6, 6.07) is 18.0. The highest BCUT2D eigenvalue weighted by Gasteiger charge is 2.20. The van der Waals surface area contributed by atoms with Crippen molar-refractivity contribution in [2.24, 2.45) is 0 Å². The molecule has 4 rings (SSSR count). The summed E-state index contributed by atoms with van der Waals surface area (Å²) < 4.78 is 38.9. The highest BCUT2D eigenvalue weighted by atomic mass is 35.5. The van der Waals surface area contributed by atoms with Crippen LogP contribution in [0.3, 0.4) is 0 Å². The van der Waals surface area contributed by atoms with E-state index in [1.165, 1.54) is 12.1 Å². The maximum absolute atomic E-state index is 12.8. The molecule has 9 heteroatoms. The van der Waals surface area contributed by atoms with Crippen LogP contribution in [0, 0.1) is 0 Å². The van der Waals surface area contributed by atoms with Gasteiger partial charge in [-0.25, -0.2) is 8.42 Å². The molecule has 0 aromatic heterocycles. The quantitative estimate of drug-likeness (QED) is 0.581. The molecule has 1 aliphatic rings. The third-order valence-corrected chi connectivity index (χ3v) is 6.67. The smallest absolute Gasteiger partial charge is 0.262 e. The molecule has 1 heterocycles. The second-order valence-electron chi connectivity index (χ2n) is 7.24. The van der Waals surface area contributed by atoms with E-state index in [1.807, 2.05) is 18.2 Å². The van der Waals surface area contributed by atoms with Crippen LogP contribution in [0.2, 0.25) is 5.02 Å². The Hall–Kier alpha value is -3.23. The highest BCUT2D eigenvalue weighted by Crippen LogP contribution is 2.32. The van der Waals surface area contributed by atoms with E-state index >= 15 is 0 Å². The Bertz CT molecular complexity index is 1250. The molecule has 0 saturated carbocycles. The van der Waals surface area contributed by atoms with Crippen LogP contribution in [-0.2, 0) is 16.6 Å². The zero-order chi connectivity index (χ0) is 22.7. The average molecular weight is 473 g/mol. The number of halogens is 1. The Morgan fingerprint density at radius 2 is 1.69 bits per heavy atom. The lowest BCUT2D eigenvalue weighted by Gasteiger charge is -2.19. The zero-order valence-corrected chi connectivity index (χ0v) is 18.8. The zero-order valence-electron chi connectivity index (χ0n) is 17.2. The van der Waals surface area contributed by atoms with E-state index in [0.717, 1.165) is 5.56 Å². The fraction of sp³-hybridized carbons (Fsp3) is 0.174. The number of amides is 1. The van der Waals surface area contributed by atoms with Gasteiger partial charge in [-0.1, -0.05) is 29.8 Å². The molecule has 0 radical (unpaired) electrons. The monoisotopic (exact) mass is 472 g/mol. The second kappa shape index (κ2) is 9.10. The molecule has 1 amide bonds. The number of hydrogen-bond donors (Lipinski definition) is 1. The molecule has 0 bridgehead atoms. The molecule has 0 fully saturated rings. The molecule has 0 atom stereocenters. The number of anilines is 1. The molecule has 1 aliphatic heterocycles. The topological polar surface area (TPSA) is 84.9 Å². The van der Waals surface area contributed by atoms with Gasteiger partial charge in [-0.3, -0.25) is 9.52 Å². The van der Waals surface area contributed by atoms with Crippen molar-refractivity contribution in [3.63, 3.8) is 0 Å². The fourth-order valence-electron chi connectivity index (χ4n) is 3.26. The molecule has 7 nitrogen and oxygen atoms in total. The minimum absolute atomic E-state index is 0.0568. The molecule has 3 aromatic rings. The third-order valence-electron chi connectivity index (χ3n) is 4.92. The van der Waals surface area contributed by atoms with Gasteiger partial charge in [-0.2, -0.15) is 0 Å². The largest absolute Gasteiger partial charge is 0.486 e. The maximum atomic E-state index is 12.8. The van der Waals surface area contributed by atoms with E-state index < -0.39 is 10.0 Å². The van der Waals surface area contributed by atoms with Crippen molar-refractivity contribution in [2.75, 3.05) is 25.0 Å². The number of ether oxygens (including phenoxy) is 2. The first-order valence-corrected chi connectivity index (χ1v) is 11.7. The summed E-state index contributed by atoms with van der Waals surface area (Å²) in [7, 11) is -2.15. The van der Waals surface area contributed by atoms with E-state index in [9.17, 15) is 13.2 Å². The lowest BCUT2D eigenvalue weighted by molar-refractivity contribution is 0.0785. The highest BCUT2D eigenvalue weighted by molar-refractivity contribution is 7.92. The normalized spacial score (nSPS) is 12.8. The van der Waals surface area contributed by atoms with Crippen LogP contribution < -0.4 is 14.2 Å². The van der Waals surface area contributed by atoms with Crippen LogP contribution in [0.4, 0.5) is 5.69 Å². The molecular weight excluding hydrogens is 452 g/mol. The fourth-order valence-corrected chi connectivity index (χ4v) is 4.53. The van der Waals surface area contributed by atoms with Crippen molar-refractivity contribution in [1.29, 1.82) is 0 Å². The van der Waals surface area contributed by atoms with Crippen molar-refractivity contribution in [1.82, 2.24) is 4.90 Å². The molecule has 3 aromatic carbocycles. The van der Waals surface area contributed by atoms with Crippen LogP contribution in [0.1, 0.15) is 15.9 Å². The van der Waals surface area contributed by atoms with E-state index in [-0.39, 0.29) is 10.8 Å². The molecule has 0 aliphatic carbocycles. The number of hydrogen-bond acceptors (Lipinski definition) is 5. The number of rotatable bonds is 6. The summed E-state index contributed by atoms with van der Waals surface area (Å²) in [6.45, 7) is 1.15. The molecule has 0 spiro atoms. The second-order valence-corrected chi connectivity index (χ2v) is 9.33. The molecular formula is C23H21ClN2O5S. The van der Waals surface area contributed by atoms with E-state index in [2.05, 4.69) is 4.72 Å². The summed E-state index contributed by atoms with van der Waals surface area (Å²) in [6.07, 6.45) is 0. The van der Waals surface area contributed by atoms with Gasteiger partial charge in [0.2, 0.25) is 0 Å². The molecule has 1 N–H and O–H groups in total. The summed E-state index contributed by atoms with van der Waals surface area (Å²) in [4.78, 5) is 14.3. The van der Waals surface area contributed by atoms with Crippen LogP contribution in [0.25, 0.3) is 0 Å². The Balaban J connectivity index is 1.45. The number of nitrogens with zero attached hydrogens (tertiary/aromatic N) is 1. The molecule has 0 saturated heterocycles. The van der Waals surface area contributed by atoms with Gasteiger partial charge in [0, 0.05) is 35.9 Å². The van der Waals surface area contributed by atoms with Gasteiger partial charge in [0.15, 0.2) is 11.5 Å². The molecule has 0 unspecified atom stereocenters. The molecule has 32 heavy (non-hydrogen) atoms. The summed E-state index contributed by atoms with van der Waals surface area (Å²) in [5, 5.41) is 0.594. The molecule has 166 valence electrons. The third kappa shape index (κ3) is 4.81. The van der Waals surface area contributed by atoms with Gasteiger partial charge in [0.05, 0.1) is 4.90 Å². The van der Waals surface area contributed by atoms with Crippen LogP contribution in [0.15, 0.2) is 71.6 Å². The van der Waals surface area contributed by atoms with Crippen molar-refractivity contribution < 1.29 is 22.7 Å². The maximum Gasteiger partial charge on any atom is 0.262 e. The predicted molar refractivity (Wildman–Crippen MR) is 122 cm³/mol. The Kier molecular flexibility index (Phi) is 6.25. The summed E-state index contributed by atoms with van der Waals surface area (Å²) >= 11 is 6.17. The number of benzene rings is 3. The number of carbonyl (C=O) groups is 1. The Morgan fingerprint density at radius 1 is 1.00 bits per heavy atom. The van der Waals surface area contributed by atoms with Gasteiger partial charge < -0.3 is 14.4 Å². The number of fused-ring (bicyclic) bond motifs is 1. The van der Waals surface area contributed by atoms with Crippen molar-refractivity contribution in [3.05, 3.63) is 82.9 Å². The van der Waals surface area contributed by atoms with Crippen molar-refractivity contribution in [3.8, 4) is 11.5 Å². The van der Waals surface area contributed by atoms with Gasteiger partial charge in [0.25, 0.3) is 15.9 Å². The summed E-state index contributed by atoms with van der Waals surface area (Å²) in [5.41, 5.74) is 1.61. The first-order valence-electron chi connectivity index (χ1n) is 9.85. The predicted octanol–water partition coefficient (Wildman–Crippen LogP) is 4.18. The van der Waals surface area contributed by atoms with E-state index in [4.69, 9.17) is 21.1 Å². The van der Waals surface area contributed by atoms with Crippen LogP contribution >= 0.6 is 11.6 Å². The average Bonchev–Trinajstić information content (AvgIpc) is 2.80. The first kappa shape index (κ1) is 22.0. The van der Waals surface area contributed by atoms with Crippen LogP contribution in [-0.4, -0.2) is 39.5 Å². The number of sulfonamides is 1. The van der Waals surface area contributed by atoms with Crippen molar-refractivity contribution >= 4 is 33.2 Å². The minimum atomic E-state index is -3.84. The van der Waals surface area contributed by atoms with Crippen molar-refractivity contribution in [2.45, 2.75) is 11.4 Å². The van der Waals surface area contributed by atoms with Gasteiger partial charge in [-0.05, 0) is 48.0 Å². The van der Waals surface area contributed by atoms with Gasteiger partial charge in [0.1, 0.15) is 13.2 Å². The lowest BCUT2D eigenvalue weighted by Crippen LogP contribution is -2.26. The lowest BCUT2D eigenvalue weighted by atomic mass is 10.1. The number of nitrogens with one attached hydrogen (secondary N) is 1. The van der Waals surface area contributed by atoms with Gasteiger partial charge in [-0.15, -0.1) is 0 Å². The Labute approximate surface area is 191 Å². The Morgan fingerprint density at radius 3 is 2.41 bits per heavy atom. The van der Waals surface area contributed by atoms with E-state index in [0.29, 0.717) is 47.5 Å². The van der Waals surface area contributed by atoms with Gasteiger partial charge >= 0.3 is 0 Å². The number of carbonyl (C=O) groups excluding carboxylic acids is 1.